The number of hydrogen-bond acceptors (Lipinski definition) is 4. The summed E-state index contributed by atoms with van der Waals surface area (Å²) in [5.41, 5.74) is 1.91. The van der Waals surface area contributed by atoms with E-state index in [0.717, 1.165) is 17.2 Å². The van der Waals surface area contributed by atoms with Gasteiger partial charge in [0.05, 0.1) is 17.9 Å². The van der Waals surface area contributed by atoms with E-state index in [4.69, 9.17) is 4.74 Å². The van der Waals surface area contributed by atoms with Crippen LogP contribution in [0.1, 0.15) is 24.1 Å². The molecule has 22 heavy (non-hydrogen) atoms. The van der Waals surface area contributed by atoms with Gasteiger partial charge in [0.2, 0.25) is 0 Å². The zero-order chi connectivity index (χ0) is 16.0. The van der Waals surface area contributed by atoms with Crippen molar-refractivity contribution in [3.8, 4) is 5.75 Å². The Morgan fingerprint density at radius 1 is 1.32 bits per heavy atom. The Morgan fingerprint density at radius 3 is 2.68 bits per heavy atom. The molecule has 7 heteroatoms. The SMILES string of the molecule is Cc1nc(C)n(C)c1CN1C(=O)[C@@H](C)Oc2ccc(Br)nc21. The van der Waals surface area contributed by atoms with Crippen molar-refractivity contribution in [1.29, 1.82) is 0 Å². The largest absolute Gasteiger partial charge is 0.477 e. The first-order valence-electron chi connectivity index (χ1n) is 7.02. The molecule has 3 heterocycles. The van der Waals surface area contributed by atoms with Crippen LogP contribution >= 0.6 is 15.9 Å². The summed E-state index contributed by atoms with van der Waals surface area (Å²) in [5.74, 6) is 1.97. The summed E-state index contributed by atoms with van der Waals surface area (Å²) in [6, 6.07) is 3.63. The van der Waals surface area contributed by atoms with E-state index in [9.17, 15) is 4.79 Å². The van der Waals surface area contributed by atoms with Gasteiger partial charge in [-0.3, -0.25) is 9.69 Å². The Balaban J connectivity index is 2.05. The molecule has 116 valence electrons. The van der Waals surface area contributed by atoms with Gasteiger partial charge in [-0.15, -0.1) is 0 Å². The summed E-state index contributed by atoms with van der Waals surface area (Å²) >= 11 is 3.35. The fourth-order valence-corrected chi connectivity index (χ4v) is 2.91. The van der Waals surface area contributed by atoms with Crippen LogP contribution in [0.5, 0.6) is 5.75 Å². The first kappa shape index (κ1) is 15.0. The zero-order valence-corrected chi connectivity index (χ0v) is 14.5. The first-order valence-corrected chi connectivity index (χ1v) is 7.81. The number of aromatic nitrogens is 3. The Hall–Kier alpha value is -1.89. The molecule has 0 N–H and O–H groups in total. The highest BCUT2D eigenvalue weighted by atomic mass is 79.9. The molecule has 1 aliphatic rings. The number of pyridine rings is 1. The van der Waals surface area contributed by atoms with Crippen molar-refractivity contribution in [2.45, 2.75) is 33.4 Å². The van der Waals surface area contributed by atoms with Gasteiger partial charge < -0.3 is 9.30 Å². The van der Waals surface area contributed by atoms with Gasteiger partial charge in [0, 0.05) is 7.05 Å². The maximum absolute atomic E-state index is 12.5. The van der Waals surface area contributed by atoms with Crippen molar-refractivity contribution in [3.05, 3.63) is 33.9 Å². The van der Waals surface area contributed by atoms with E-state index in [1.807, 2.05) is 31.5 Å². The number of amides is 1. The molecule has 0 fully saturated rings. The Kier molecular flexibility index (Phi) is 3.68. The van der Waals surface area contributed by atoms with Crippen LogP contribution in [0.25, 0.3) is 0 Å². The molecule has 1 atom stereocenters. The van der Waals surface area contributed by atoms with E-state index in [1.165, 1.54) is 0 Å². The van der Waals surface area contributed by atoms with Gasteiger partial charge in [0.15, 0.2) is 17.7 Å². The van der Waals surface area contributed by atoms with Crippen molar-refractivity contribution in [2.75, 3.05) is 4.90 Å². The van der Waals surface area contributed by atoms with E-state index in [0.29, 0.717) is 22.7 Å². The second-order valence-corrected chi connectivity index (χ2v) is 6.20. The number of anilines is 1. The van der Waals surface area contributed by atoms with Crippen LogP contribution in [0.15, 0.2) is 16.7 Å². The Morgan fingerprint density at radius 2 is 2.05 bits per heavy atom. The fourth-order valence-electron chi connectivity index (χ4n) is 2.61. The summed E-state index contributed by atoms with van der Waals surface area (Å²) in [6.45, 7) is 6.07. The van der Waals surface area contributed by atoms with Crippen LogP contribution in [-0.4, -0.2) is 26.5 Å². The van der Waals surface area contributed by atoms with Crippen molar-refractivity contribution in [2.24, 2.45) is 7.05 Å². The second kappa shape index (κ2) is 5.39. The van der Waals surface area contributed by atoms with Crippen LogP contribution in [0.3, 0.4) is 0 Å². The van der Waals surface area contributed by atoms with Gasteiger partial charge in [-0.25, -0.2) is 9.97 Å². The molecule has 6 nitrogen and oxygen atoms in total. The van der Waals surface area contributed by atoms with E-state index in [1.54, 1.807) is 17.9 Å². The molecule has 0 unspecified atom stereocenters. The third-order valence-electron chi connectivity index (χ3n) is 3.92. The van der Waals surface area contributed by atoms with Gasteiger partial charge >= 0.3 is 0 Å². The van der Waals surface area contributed by atoms with E-state index in [-0.39, 0.29) is 5.91 Å². The topological polar surface area (TPSA) is 60.2 Å². The fraction of sp³-hybridized carbons (Fsp3) is 0.400. The molecular formula is C15H17BrN4O2. The molecule has 0 radical (unpaired) electrons. The molecular weight excluding hydrogens is 348 g/mol. The van der Waals surface area contributed by atoms with Crippen LogP contribution < -0.4 is 9.64 Å². The summed E-state index contributed by atoms with van der Waals surface area (Å²) in [7, 11) is 1.95. The predicted molar refractivity (Wildman–Crippen MR) is 85.9 cm³/mol. The molecule has 0 aromatic carbocycles. The summed E-state index contributed by atoms with van der Waals surface area (Å²) in [6.07, 6.45) is -0.523. The van der Waals surface area contributed by atoms with E-state index in [2.05, 4.69) is 25.9 Å². The highest BCUT2D eigenvalue weighted by Crippen LogP contribution is 2.34. The normalized spacial score (nSPS) is 17.4. The third-order valence-corrected chi connectivity index (χ3v) is 4.37. The number of carbonyl (C=O) groups is 1. The van der Waals surface area contributed by atoms with Crippen LogP contribution in [0, 0.1) is 13.8 Å². The lowest BCUT2D eigenvalue weighted by Crippen LogP contribution is -2.44. The quantitative estimate of drug-likeness (QED) is 0.768. The molecule has 3 rings (SSSR count). The summed E-state index contributed by atoms with van der Waals surface area (Å²) < 4.78 is 8.30. The van der Waals surface area contributed by atoms with Crippen molar-refractivity contribution >= 4 is 27.7 Å². The van der Waals surface area contributed by atoms with Gasteiger partial charge in [-0.2, -0.15) is 0 Å². The van der Waals surface area contributed by atoms with Crippen molar-refractivity contribution in [3.63, 3.8) is 0 Å². The molecule has 0 aliphatic carbocycles. The van der Waals surface area contributed by atoms with Crippen molar-refractivity contribution < 1.29 is 9.53 Å². The number of halogens is 1. The number of hydrogen-bond donors (Lipinski definition) is 0. The maximum Gasteiger partial charge on any atom is 0.269 e. The Bertz CT molecular complexity index is 756. The lowest BCUT2D eigenvalue weighted by molar-refractivity contribution is -0.125. The highest BCUT2D eigenvalue weighted by molar-refractivity contribution is 9.10. The summed E-state index contributed by atoms with van der Waals surface area (Å²) in [4.78, 5) is 23.1. The number of rotatable bonds is 2. The number of nitrogens with zero attached hydrogens (tertiary/aromatic N) is 4. The van der Waals surface area contributed by atoms with Crippen molar-refractivity contribution in [1.82, 2.24) is 14.5 Å². The second-order valence-electron chi connectivity index (χ2n) is 5.39. The number of imidazole rings is 1. The minimum atomic E-state index is -0.523. The standard InChI is InChI=1S/C15H17BrN4O2/c1-8-11(19(4)10(3)17-8)7-20-14-12(5-6-13(16)18-14)22-9(2)15(20)21/h5-6,9H,7H2,1-4H3/t9-/m1/s1. The maximum atomic E-state index is 12.5. The smallest absolute Gasteiger partial charge is 0.269 e. The van der Waals surface area contributed by atoms with Crippen LogP contribution in [0.4, 0.5) is 5.82 Å². The number of fused-ring (bicyclic) bond motifs is 1. The molecule has 0 bridgehead atoms. The van der Waals surface area contributed by atoms with E-state index >= 15 is 0 Å². The van der Waals surface area contributed by atoms with Gasteiger partial charge in [-0.1, -0.05) is 0 Å². The minimum Gasteiger partial charge on any atom is -0.477 e. The average Bonchev–Trinajstić information content (AvgIpc) is 2.70. The lowest BCUT2D eigenvalue weighted by Gasteiger charge is -2.32. The third kappa shape index (κ3) is 2.39. The lowest BCUT2D eigenvalue weighted by atomic mass is 10.2. The molecule has 1 amide bonds. The predicted octanol–water partition coefficient (Wildman–Crippen LogP) is 2.51. The summed E-state index contributed by atoms with van der Waals surface area (Å²) in [5, 5.41) is 0. The highest BCUT2D eigenvalue weighted by Gasteiger charge is 2.33. The Labute approximate surface area is 137 Å². The van der Waals surface area contributed by atoms with Gasteiger partial charge in [0.25, 0.3) is 5.91 Å². The molecule has 0 saturated heterocycles. The molecule has 2 aromatic rings. The van der Waals surface area contributed by atoms with E-state index < -0.39 is 6.10 Å². The molecule has 2 aromatic heterocycles. The monoisotopic (exact) mass is 364 g/mol. The molecule has 1 aliphatic heterocycles. The number of carbonyl (C=O) groups excluding carboxylic acids is 1. The molecule has 0 saturated carbocycles. The zero-order valence-electron chi connectivity index (χ0n) is 12.9. The van der Waals surface area contributed by atoms with Crippen LogP contribution in [0.2, 0.25) is 0 Å². The average molecular weight is 365 g/mol. The number of ether oxygens (including phenoxy) is 1. The number of aryl methyl sites for hydroxylation is 2. The van der Waals surface area contributed by atoms with Gasteiger partial charge in [-0.05, 0) is 48.8 Å². The minimum absolute atomic E-state index is 0.101. The first-order chi connectivity index (χ1) is 10.4. The van der Waals surface area contributed by atoms with Crippen LogP contribution in [-0.2, 0) is 18.4 Å². The molecule has 0 spiro atoms. The van der Waals surface area contributed by atoms with Gasteiger partial charge in [0.1, 0.15) is 10.4 Å².